The summed E-state index contributed by atoms with van der Waals surface area (Å²) < 4.78 is 28.6. The fraction of sp³-hybridized carbons (Fsp3) is 0.525. The number of amides is 2. The van der Waals surface area contributed by atoms with Crippen molar-refractivity contribution in [3.05, 3.63) is 75.5 Å². The predicted molar refractivity (Wildman–Crippen MR) is 192 cm³/mol. The minimum absolute atomic E-state index is 0.00711. The molecule has 4 saturated carbocycles. The molecule has 2 amide bonds. The van der Waals surface area contributed by atoms with E-state index in [9.17, 15) is 29.0 Å². The van der Waals surface area contributed by atoms with Gasteiger partial charge in [0.1, 0.15) is 23.1 Å². The van der Waals surface area contributed by atoms with E-state index in [4.69, 9.17) is 9.47 Å². The highest BCUT2D eigenvalue weighted by Crippen LogP contribution is 2.71. The summed E-state index contributed by atoms with van der Waals surface area (Å²) >= 11 is 0. The fourth-order valence-corrected chi connectivity index (χ4v) is 8.55. The number of nitrogens with zero attached hydrogens (tertiary/aromatic N) is 2. The number of ether oxygens (including phenoxy) is 2. The molecular weight excluding hydrogens is 653 g/mol. The zero-order valence-electron chi connectivity index (χ0n) is 30.9. The van der Waals surface area contributed by atoms with Gasteiger partial charge in [-0.3, -0.25) is 14.5 Å². The van der Waals surface area contributed by atoms with E-state index in [1.807, 2.05) is 26.8 Å². The maximum absolute atomic E-state index is 14.1. The zero-order chi connectivity index (χ0) is 37.3. The highest BCUT2D eigenvalue weighted by Gasteiger charge is 2.75. The fourth-order valence-electron chi connectivity index (χ4n) is 8.55. The van der Waals surface area contributed by atoms with Crippen molar-refractivity contribution < 1.29 is 33.7 Å². The number of pyridine rings is 1. The van der Waals surface area contributed by atoms with E-state index in [1.165, 1.54) is 27.7 Å². The van der Waals surface area contributed by atoms with Gasteiger partial charge in [-0.15, -0.1) is 0 Å². The second-order valence-corrected chi connectivity index (χ2v) is 16.6. The lowest BCUT2D eigenvalue weighted by Gasteiger charge is -2.73. The van der Waals surface area contributed by atoms with Crippen LogP contribution in [0.1, 0.15) is 96.3 Å². The first kappa shape index (κ1) is 36.4. The standard InChI is InChI=1S/C40H50FN3O7/c1-23-15-26(41)16-24(2)34(23)51-31-14-9-25(38(6,7)49)17-29(31)30-19-43(8)33(45)18-32(30)50-28-12-10-27(11-13-28)42-35(46)39-20-40(21-39,22-39)44(36(47)48)37(3,4)5/h9,14-19,27-28,49H,10-13,20-22H2,1-8H3,(H,42,46)(H,47,48)/t27-,28-,39?,40?. The average Bonchev–Trinajstić information content (AvgIpc) is 2.97. The van der Waals surface area contributed by atoms with Gasteiger partial charge in [0.05, 0.1) is 17.1 Å². The number of carboxylic acid groups (broad SMARTS) is 1. The number of hydrogen-bond donors (Lipinski definition) is 3. The van der Waals surface area contributed by atoms with Crippen molar-refractivity contribution in [3.63, 3.8) is 0 Å². The molecule has 0 unspecified atom stereocenters. The molecule has 1 heterocycles. The molecule has 4 aliphatic carbocycles. The Bertz CT molecular complexity index is 1890. The molecule has 7 rings (SSSR count). The summed E-state index contributed by atoms with van der Waals surface area (Å²) in [6, 6.07) is 9.66. The average molecular weight is 704 g/mol. The molecule has 0 aliphatic heterocycles. The Labute approximate surface area is 298 Å². The zero-order valence-corrected chi connectivity index (χ0v) is 30.9. The van der Waals surface area contributed by atoms with E-state index in [1.54, 1.807) is 53.1 Å². The van der Waals surface area contributed by atoms with Crippen LogP contribution in [0.5, 0.6) is 17.2 Å². The third-order valence-corrected chi connectivity index (χ3v) is 10.9. The van der Waals surface area contributed by atoms with Crippen molar-refractivity contribution >= 4 is 12.0 Å². The number of carbonyl (C=O) groups is 2. The molecule has 3 aromatic rings. The molecule has 274 valence electrons. The Hall–Kier alpha value is -4.38. The highest BCUT2D eigenvalue weighted by atomic mass is 19.1. The first-order valence-corrected chi connectivity index (χ1v) is 17.7. The summed E-state index contributed by atoms with van der Waals surface area (Å²) in [7, 11) is 1.66. The number of aliphatic hydroxyl groups is 1. The largest absolute Gasteiger partial charge is 0.490 e. The Morgan fingerprint density at radius 2 is 1.55 bits per heavy atom. The molecule has 10 nitrogen and oxygen atoms in total. The second kappa shape index (κ2) is 12.7. The Morgan fingerprint density at radius 1 is 0.941 bits per heavy atom. The third-order valence-electron chi connectivity index (χ3n) is 10.9. The summed E-state index contributed by atoms with van der Waals surface area (Å²) in [4.78, 5) is 39.9. The molecule has 11 heteroatoms. The van der Waals surface area contributed by atoms with Crippen LogP contribution in [0.2, 0.25) is 0 Å². The lowest BCUT2D eigenvalue weighted by Crippen LogP contribution is -2.81. The van der Waals surface area contributed by atoms with Crippen LogP contribution in [-0.4, -0.2) is 54.9 Å². The molecular formula is C40H50FN3O7. The molecule has 2 aromatic carbocycles. The molecule has 1 aromatic heterocycles. The second-order valence-electron chi connectivity index (χ2n) is 16.6. The number of hydrogen-bond acceptors (Lipinski definition) is 6. The van der Waals surface area contributed by atoms with E-state index < -0.39 is 28.2 Å². The Morgan fingerprint density at radius 3 is 2.10 bits per heavy atom. The van der Waals surface area contributed by atoms with Crippen molar-refractivity contribution in [1.29, 1.82) is 0 Å². The van der Waals surface area contributed by atoms with Gasteiger partial charge in [-0.05, 0) is 134 Å². The predicted octanol–water partition coefficient (Wildman–Crippen LogP) is 7.34. The highest BCUT2D eigenvalue weighted by molar-refractivity contribution is 5.88. The van der Waals surface area contributed by atoms with Gasteiger partial charge in [-0.25, -0.2) is 9.18 Å². The first-order valence-electron chi connectivity index (χ1n) is 17.7. The van der Waals surface area contributed by atoms with Crippen LogP contribution in [0, 0.1) is 25.1 Å². The molecule has 3 N–H and O–H groups in total. The number of halogens is 1. The van der Waals surface area contributed by atoms with Crippen LogP contribution in [0.4, 0.5) is 9.18 Å². The summed E-state index contributed by atoms with van der Waals surface area (Å²) in [5.41, 5.74) is 0.216. The van der Waals surface area contributed by atoms with E-state index in [-0.39, 0.29) is 29.4 Å². The van der Waals surface area contributed by atoms with Crippen molar-refractivity contribution in [2.24, 2.45) is 12.5 Å². The Balaban J connectivity index is 1.18. The van der Waals surface area contributed by atoms with Gasteiger partial charge in [0.2, 0.25) is 5.91 Å². The van der Waals surface area contributed by atoms with Crippen molar-refractivity contribution in [2.75, 3.05) is 0 Å². The number of aryl methyl sites for hydroxylation is 3. The minimum atomic E-state index is -1.16. The maximum Gasteiger partial charge on any atom is 0.408 e. The third kappa shape index (κ3) is 6.84. The number of carbonyl (C=O) groups excluding carboxylic acids is 1. The molecule has 4 aliphatic rings. The SMILES string of the molecule is Cc1cc(F)cc(C)c1Oc1ccc(C(C)(C)O)cc1-c1cn(C)c(=O)cc1O[C@H]1CC[C@H](NC(=O)C23CC(N(C(=O)O)C(C)(C)C)(C2)C3)CC1. The monoisotopic (exact) mass is 703 g/mol. The van der Waals surface area contributed by atoms with Crippen LogP contribution in [0.3, 0.4) is 0 Å². The summed E-state index contributed by atoms with van der Waals surface area (Å²) in [6.07, 6.45) is 4.94. The Kier molecular flexibility index (Phi) is 9.06. The summed E-state index contributed by atoms with van der Waals surface area (Å²) in [6.45, 7) is 12.6. The van der Waals surface area contributed by atoms with Crippen LogP contribution in [0.15, 0.2) is 47.4 Å². The number of nitrogens with one attached hydrogen (secondary N) is 1. The number of aromatic nitrogens is 1. The van der Waals surface area contributed by atoms with Gasteiger partial charge in [0.15, 0.2) is 0 Å². The van der Waals surface area contributed by atoms with Crippen LogP contribution < -0.4 is 20.3 Å². The van der Waals surface area contributed by atoms with Gasteiger partial charge in [0.25, 0.3) is 5.56 Å². The van der Waals surface area contributed by atoms with Gasteiger partial charge >= 0.3 is 6.09 Å². The lowest BCUT2D eigenvalue weighted by molar-refractivity contribution is -0.224. The number of benzene rings is 2. The van der Waals surface area contributed by atoms with E-state index in [2.05, 4.69) is 5.32 Å². The van der Waals surface area contributed by atoms with Gasteiger partial charge in [0, 0.05) is 47.6 Å². The normalized spacial score (nSPS) is 24.2. The molecule has 2 bridgehead atoms. The molecule has 4 fully saturated rings. The maximum atomic E-state index is 14.1. The van der Waals surface area contributed by atoms with Crippen LogP contribution >= 0.6 is 0 Å². The molecule has 0 spiro atoms. The van der Waals surface area contributed by atoms with E-state index in [0.29, 0.717) is 90.0 Å². The van der Waals surface area contributed by atoms with Crippen LogP contribution in [0.25, 0.3) is 11.1 Å². The van der Waals surface area contributed by atoms with E-state index in [0.717, 1.165) is 0 Å². The van der Waals surface area contributed by atoms with Crippen molar-refractivity contribution in [2.45, 2.75) is 122 Å². The van der Waals surface area contributed by atoms with Crippen LogP contribution in [-0.2, 0) is 17.4 Å². The quantitative estimate of drug-likeness (QED) is 0.213. The number of rotatable bonds is 9. The van der Waals surface area contributed by atoms with Gasteiger partial charge in [-0.2, -0.15) is 0 Å². The molecule has 0 saturated heterocycles. The van der Waals surface area contributed by atoms with Gasteiger partial charge < -0.3 is 29.6 Å². The minimum Gasteiger partial charge on any atom is -0.490 e. The van der Waals surface area contributed by atoms with Gasteiger partial charge in [-0.1, -0.05) is 6.07 Å². The topological polar surface area (TPSA) is 130 Å². The van der Waals surface area contributed by atoms with Crippen molar-refractivity contribution in [3.8, 4) is 28.4 Å². The van der Waals surface area contributed by atoms with E-state index >= 15 is 0 Å². The molecule has 0 radical (unpaired) electrons. The smallest absolute Gasteiger partial charge is 0.408 e. The van der Waals surface area contributed by atoms with Crippen molar-refractivity contribution in [1.82, 2.24) is 14.8 Å². The first-order chi connectivity index (χ1) is 23.7. The summed E-state index contributed by atoms with van der Waals surface area (Å²) in [5.74, 6) is 1.02. The lowest BCUT2D eigenvalue weighted by atomic mass is 9.38. The summed E-state index contributed by atoms with van der Waals surface area (Å²) in [5, 5.41) is 24.0. The molecule has 0 atom stereocenters. The molecule has 51 heavy (non-hydrogen) atoms.